The third-order valence-corrected chi connectivity index (χ3v) is 2.92. The van der Waals surface area contributed by atoms with Gasteiger partial charge in [-0.1, -0.05) is 19.1 Å². The molecule has 0 saturated heterocycles. The predicted octanol–water partition coefficient (Wildman–Crippen LogP) is 1.11. The van der Waals surface area contributed by atoms with Gasteiger partial charge in [-0.05, 0) is 37.1 Å². The number of methoxy groups -OCH3 is 1. The van der Waals surface area contributed by atoms with Gasteiger partial charge >= 0.3 is 0 Å². The molecule has 0 spiro atoms. The van der Waals surface area contributed by atoms with Crippen LogP contribution in [0, 0.1) is 0 Å². The number of ether oxygens (including phenoxy) is 2. The summed E-state index contributed by atoms with van der Waals surface area (Å²) in [5, 5.41) is 3.06. The Morgan fingerprint density at radius 1 is 1.35 bits per heavy atom. The number of hydrogen-bond donors (Lipinski definition) is 2. The number of primary amides is 1. The molecule has 1 aromatic rings. The van der Waals surface area contributed by atoms with E-state index in [1.165, 1.54) is 5.56 Å². The molecule has 0 bridgehead atoms. The molecular formula is C15H24N2O3. The SMILES string of the molecule is CCCNC(COc1ccc(CCOC)cc1)C(N)=O. The third-order valence-electron chi connectivity index (χ3n) is 2.92. The van der Waals surface area contributed by atoms with Crippen LogP contribution in [0.1, 0.15) is 18.9 Å². The zero-order chi connectivity index (χ0) is 14.8. The summed E-state index contributed by atoms with van der Waals surface area (Å²) in [6.45, 7) is 3.72. The van der Waals surface area contributed by atoms with E-state index in [1.54, 1.807) is 7.11 Å². The van der Waals surface area contributed by atoms with Crippen LogP contribution in [-0.4, -0.2) is 38.8 Å². The van der Waals surface area contributed by atoms with Crippen LogP contribution in [0.15, 0.2) is 24.3 Å². The molecular weight excluding hydrogens is 256 g/mol. The zero-order valence-electron chi connectivity index (χ0n) is 12.2. The van der Waals surface area contributed by atoms with E-state index in [2.05, 4.69) is 5.32 Å². The van der Waals surface area contributed by atoms with Gasteiger partial charge in [-0.2, -0.15) is 0 Å². The number of amides is 1. The molecule has 0 aliphatic rings. The zero-order valence-corrected chi connectivity index (χ0v) is 12.2. The van der Waals surface area contributed by atoms with E-state index in [9.17, 15) is 4.79 Å². The van der Waals surface area contributed by atoms with Gasteiger partial charge in [-0.3, -0.25) is 4.79 Å². The predicted molar refractivity (Wildman–Crippen MR) is 78.8 cm³/mol. The van der Waals surface area contributed by atoms with Gasteiger partial charge in [0.05, 0.1) is 6.61 Å². The van der Waals surface area contributed by atoms with Crippen molar-refractivity contribution in [1.82, 2.24) is 5.32 Å². The molecule has 0 aliphatic carbocycles. The molecule has 1 aromatic carbocycles. The summed E-state index contributed by atoms with van der Waals surface area (Å²) in [6, 6.07) is 7.31. The van der Waals surface area contributed by atoms with Crippen molar-refractivity contribution >= 4 is 5.91 Å². The number of rotatable bonds is 10. The Morgan fingerprint density at radius 3 is 2.60 bits per heavy atom. The van der Waals surface area contributed by atoms with E-state index < -0.39 is 11.9 Å². The second kappa shape index (κ2) is 9.34. The van der Waals surface area contributed by atoms with Gasteiger partial charge in [0.2, 0.25) is 5.91 Å². The lowest BCUT2D eigenvalue weighted by Crippen LogP contribution is -2.45. The van der Waals surface area contributed by atoms with E-state index >= 15 is 0 Å². The molecule has 1 amide bonds. The molecule has 0 aliphatic heterocycles. The summed E-state index contributed by atoms with van der Waals surface area (Å²) in [6.07, 6.45) is 1.82. The Kier molecular flexibility index (Phi) is 7.69. The van der Waals surface area contributed by atoms with Crippen molar-refractivity contribution in [1.29, 1.82) is 0 Å². The largest absolute Gasteiger partial charge is 0.491 e. The summed E-state index contributed by atoms with van der Waals surface area (Å²) in [5.74, 6) is 0.339. The Labute approximate surface area is 120 Å². The highest BCUT2D eigenvalue weighted by atomic mass is 16.5. The quantitative estimate of drug-likeness (QED) is 0.673. The molecule has 1 rings (SSSR count). The van der Waals surface area contributed by atoms with Crippen LogP contribution in [-0.2, 0) is 16.0 Å². The van der Waals surface area contributed by atoms with Gasteiger partial charge in [0.15, 0.2) is 0 Å². The lowest BCUT2D eigenvalue weighted by atomic mass is 10.1. The number of hydrogen-bond acceptors (Lipinski definition) is 4. The number of carbonyl (C=O) groups is 1. The first-order chi connectivity index (χ1) is 9.67. The van der Waals surface area contributed by atoms with Gasteiger partial charge in [-0.15, -0.1) is 0 Å². The van der Waals surface area contributed by atoms with Crippen LogP contribution in [0.3, 0.4) is 0 Å². The van der Waals surface area contributed by atoms with E-state index in [1.807, 2.05) is 31.2 Å². The van der Waals surface area contributed by atoms with Crippen LogP contribution < -0.4 is 15.8 Å². The van der Waals surface area contributed by atoms with E-state index in [4.69, 9.17) is 15.2 Å². The van der Waals surface area contributed by atoms with Crippen molar-refractivity contribution < 1.29 is 14.3 Å². The molecule has 0 heterocycles. The maximum absolute atomic E-state index is 11.3. The van der Waals surface area contributed by atoms with Crippen molar-refractivity contribution in [2.45, 2.75) is 25.8 Å². The fraction of sp³-hybridized carbons (Fsp3) is 0.533. The maximum atomic E-state index is 11.3. The number of carbonyl (C=O) groups excluding carboxylic acids is 1. The average molecular weight is 280 g/mol. The Bertz CT molecular complexity index is 393. The molecule has 5 heteroatoms. The van der Waals surface area contributed by atoms with Crippen LogP contribution >= 0.6 is 0 Å². The molecule has 5 nitrogen and oxygen atoms in total. The van der Waals surface area contributed by atoms with E-state index in [-0.39, 0.29) is 6.61 Å². The monoisotopic (exact) mass is 280 g/mol. The minimum absolute atomic E-state index is 0.243. The number of nitrogens with two attached hydrogens (primary N) is 1. The second-order valence-electron chi connectivity index (χ2n) is 4.61. The lowest BCUT2D eigenvalue weighted by molar-refractivity contribution is -0.120. The van der Waals surface area contributed by atoms with Crippen molar-refractivity contribution in [2.24, 2.45) is 5.73 Å². The molecule has 1 atom stereocenters. The standard InChI is InChI=1S/C15H24N2O3/c1-3-9-17-14(15(16)18)11-20-13-6-4-12(5-7-13)8-10-19-2/h4-7,14,17H,3,8-11H2,1-2H3,(H2,16,18). The van der Waals surface area contributed by atoms with E-state index in [0.717, 1.165) is 25.1 Å². The van der Waals surface area contributed by atoms with Crippen molar-refractivity contribution in [3.63, 3.8) is 0 Å². The molecule has 20 heavy (non-hydrogen) atoms. The third kappa shape index (κ3) is 6.04. The van der Waals surface area contributed by atoms with Gasteiger partial charge in [-0.25, -0.2) is 0 Å². The molecule has 0 aromatic heterocycles. The smallest absolute Gasteiger partial charge is 0.238 e. The molecule has 0 saturated carbocycles. The number of benzene rings is 1. The highest BCUT2D eigenvalue weighted by molar-refractivity contribution is 5.80. The molecule has 3 N–H and O–H groups in total. The first kappa shape index (κ1) is 16.5. The van der Waals surface area contributed by atoms with Crippen molar-refractivity contribution in [3.8, 4) is 5.75 Å². The average Bonchev–Trinajstić information content (AvgIpc) is 2.46. The Hall–Kier alpha value is -1.59. The summed E-state index contributed by atoms with van der Waals surface area (Å²) in [4.78, 5) is 11.3. The molecule has 112 valence electrons. The molecule has 0 fully saturated rings. The minimum Gasteiger partial charge on any atom is -0.491 e. The highest BCUT2D eigenvalue weighted by Crippen LogP contribution is 2.13. The first-order valence-corrected chi connectivity index (χ1v) is 6.90. The second-order valence-corrected chi connectivity index (χ2v) is 4.61. The minimum atomic E-state index is -0.455. The lowest BCUT2D eigenvalue weighted by Gasteiger charge is -2.16. The molecule has 0 radical (unpaired) electrons. The van der Waals surface area contributed by atoms with Crippen LogP contribution in [0.25, 0.3) is 0 Å². The summed E-state index contributed by atoms with van der Waals surface area (Å²) >= 11 is 0. The Balaban J connectivity index is 2.44. The maximum Gasteiger partial charge on any atom is 0.238 e. The summed E-state index contributed by atoms with van der Waals surface area (Å²) in [5.41, 5.74) is 6.51. The van der Waals surface area contributed by atoms with Gasteiger partial charge in [0, 0.05) is 7.11 Å². The fourth-order valence-corrected chi connectivity index (χ4v) is 1.71. The molecule has 1 unspecified atom stereocenters. The van der Waals surface area contributed by atoms with Crippen LogP contribution in [0.4, 0.5) is 0 Å². The normalized spacial score (nSPS) is 12.1. The van der Waals surface area contributed by atoms with Gasteiger partial charge < -0.3 is 20.5 Å². The van der Waals surface area contributed by atoms with Gasteiger partial charge in [0.25, 0.3) is 0 Å². The number of nitrogens with one attached hydrogen (secondary N) is 1. The highest BCUT2D eigenvalue weighted by Gasteiger charge is 2.14. The summed E-state index contributed by atoms with van der Waals surface area (Å²) in [7, 11) is 1.69. The van der Waals surface area contributed by atoms with Crippen LogP contribution in [0.5, 0.6) is 5.75 Å². The van der Waals surface area contributed by atoms with Crippen molar-refractivity contribution in [2.75, 3.05) is 26.9 Å². The van der Waals surface area contributed by atoms with Crippen LogP contribution in [0.2, 0.25) is 0 Å². The van der Waals surface area contributed by atoms with Gasteiger partial charge in [0.1, 0.15) is 18.4 Å². The van der Waals surface area contributed by atoms with E-state index in [0.29, 0.717) is 6.61 Å². The van der Waals surface area contributed by atoms with Crippen molar-refractivity contribution in [3.05, 3.63) is 29.8 Å². The Morgan fingerprint density at radius 2 is 2.05 bits per heavy atom. The fourth-order valence-electron chi connectivity index (χ4n) is 1.71. The summed E-state index contributed by atoms with van der Waals surface area (Å²) < 4.78 is 10.6. The topological polar surface area (TPSA) is 73.6 Å². The first-order valence-electron chi connectivity index (χ1n) is 6.90.